The number of nitrogens with zero attached hydrogens (tertiary/aromatic N) is 6. The summed E-state index contributed by atoms with van der Waals surface area (Å²) in [6.45, 7) is 11.3. The van der Waals surface area contributed by atoms with E-state index < -0.39 is 29.5 Å². The number of anilines is 2. The van der Waals surface area contributed by atoms with Crippen molar-refractivity contribution in [3.05, 3.63) is 87.1 Å². The third kappa shape index (κ3) is 13.0. The van der Waals surface area contributed by atoms with Crippen LogP contribution in [-0.2, 0) is 25.7 Å². The lowest BCUT2D eigenvalue weighted by Crippen LogP contribution is -2.57. The molecular weight excluding hydrogens is 982 g/mol. The van der Waals surface area contributed by atoms with Crippen LogP contribution in [0.1, 0.15) is 69.7 Å². The molecule has 0 saturated carbocycles. The maximum absolute atomic E-state index is 14.1. The van der Waals surface area contributed by atoms with E-state index in [0.29, 0.717) is 101 Å². The average Bonchev–Trinajstić information content (AvgIpc) is 3.99. The fourth-order valence-electron chi connectivity index (χ4n) is 8.87. The van der Waals surface area contributed by atoms with Crippen molar-refractivity contribution < 1.29 is 38.5 Å². The molecule has 0 bridgehead atoms. The molecule has 7 rings (SSSR count). The van der Waals surface area contributed by atoms with Gasteiger partial charge in [-0.15, -0.1) is 11.3 Å². The van der Waals surface area contributed by atoms with Crippen LogP contribution < -0.4 is 30.2 Å². The number of halogens is 2. The van der Waals surface area contributed by atoms with Crippen LogP contribution in [0.2, 0.25) is 10.0 Å². The van der Waals surface area contributed by atoms with Crippen LogP contribution in [0.25, 0.3) is 21.3 Å². The number of aliphatic hydroxyl groups excluding tert-OH is 1. The number of carbonyl (C=O) groups excluding carboxylic acids is 4. The predicted octanol–water partition coefficient (Wildman–Crippen LogP) is 7.50. The Kier molecular flexibility index (Phi) is 17.9. The van der Waals surface area contributed by atoms with Crippen LogP contribution in [0.5, 0.6) is 17.2 Å². The van der Waals surface area contributed by atoms with Gasteiger partial charge in [-0.1, -0.05) is 68.2 Å². The van der Waals surface area contributed by atoms with Crippen molar-refractivity contribution in [3.63, 3.8) is 0 Å². The van der Waals surface area contributed by atoms with Gasteiger partial charge in [-0.2, -0.15) is 5.26 Å². The molecule has 0 radical (unpaired) electrons. The molecule has 17 nitrogen and oxygen atoms in total. The number of hydrogen-bond acceptors (Lipinski definition) is 14. The molecule has 5 aromatic rings. The van der Waals surface area contributed by atoms with E-state index in [4.69, 9.17) is 37.4 Å². The Balaban J connectivity index is 0.838. The average molecular weight is 1040 g/mol. The molecule has 0 aliphatic carbocycles. The number of amides is 4. The van der Waals surface area contributed by atoms with E-state index in [0.717, 1.165) is 28.2 Å². The molecule has 3 aromatic carbocycles. The second-order valence-electron chi connectivity index (χ2n) is 19.0. The zero-order valence-corrected chi connectivity index (χ0v) is 43.7. The highest BCUT2D eigenvalue weighted by Crippen LogP contribution is 2.41. The van der Waals surface area contributed by atoms with E-state index in [2.05, 4.69) is 36.9 Å². The van der Waals surface area contributed by atoms with Crippen LogP contribution in [0.15, 0.2) is 60.2 Å². The summed E-state index contributed by atoms with van der Waals surface area (Å²) in [7, 11) is 3.04. The Hall–Kier alpha value is -6.23. The molecule has 0 spiro atoms. The Morgan fingerprint density at radius 2 is 1.68 bits per heavy atom. The number of aromatic nitrogens is 2. The highest BCUT2D eigenvalue weighted by Gasteiger charge is 2.44. The van der Waals surface area contributed by atoms with Crippen molar-refractivity contribution in [3.8, 4) is 33.8 Å². The van der Waals surface area contributed by atoms with E-state index in [9.17, 15) is 29.5 Å². The number of pyridine rings is 1. The number of β-amino-alcohol motifs (C(OH)–C–C–N with tert-alkyl or cyclic N) is 1. The number of nitriles is 1. The predicted molar refractivity (Wildman–Crippen MR) is 278 cm³/mol. The second kappa shape index (κ2) is 24.0. The number of hydrogen-bond donors (Lipinski definition) is 4. The van der Waals surface area contributed by atoms with Crippen molar-refractivity contribution in [2.45, 2.75) is 84.5 Å². The molecule has 4 N–H and O–H groups in total. The lowest BCUT2D eigenvalue weighted by Gasteiger charge is -2.35. The van der Waals surface area contributed by atoms with Gasteiger partial charge in [-0.05, 0) is 48.4 Å². The molecule has 2 aliphatic rings. The second-order valence-corrected chi connectivity index (χ2v) is 20.7. The lowest BCUT2D eigenvalue weighted by atomic mass is 9.85. The number of piperazine rings is 1. The number of thiazole rings is 1. The van der Waals surface area contributed by atoms with E-state index in [1.165, 1.54) is 18.2 Å². The third-order valence-electron chi connectivity index (χ3n) is 12.9. The molecule has 382 valence electrons. The molecular formula is C52H61Cl2N9O8S. The molecule has 2 unspecified atom stereocenters. The van der Waals surface area contributed by atoms with Crippen molar-refractivity contribution >= 4 is 80.4 Å². The van der Waals surface area contributed by atoms with Crippen molar-refractivity contribution in [2.75, 3.05) is 65.4 Å². The maximum atomic E-state index is 14.1. The van der Waals surface area contributed by atoms with Gasteiger partial charge < -0.3 is 45.1 Å². The van der Waals surface area contributed by atoms with Gasteiger partial charge in [-0.25, -0.2) is 4.98 Å². The normalized spacial score (nSPS) is 16.5. The maximum Gasteiger partial charge on any atom is 0.246 e. The van der Waals surface area contributed by atoms with Gasteiger partial charge in [0.2, 0.25) is 23.6 Å². The fourth-order valence-corrected chi connectivity index (χ4v) is 10.2. The monoisotopic (exact) mass is 1040 g/mol. The smallest absolute Gasteiger partial charge is 0.246 e. The topological polar surface area (TPSA) is 212 Å². The van der Waals surface area contributed by atoms with Gasteiger partial charge in [0.05, 0.1) is 75.5 Å². The first kappa shape index (κ1) is 53.6. The molecule has 20 heteroatoms. The van der Waals surface area contributed by atoms with Gasteiger partial charge in [0.25, 0.3) is 0 Å². The molecule has 72 heavy (non-hydrogen) atoms. The number of nitrogens with one attached hydrogen (secondary N) is 3. The molecule has 2 aliphatic heterocycles. The Morgan fingerprint density at radius 1 is 0.944 bits per heavy atom. The first-order valence-electron chi connectivity index (χ1n) is 23.9. The van der Waals surface area contributed by atoms with Gasteiger partial charge in [0.15, 0.2) is 11.5 Å². The number of benzene rings is 3. The van der Waals surface area contributed by atoms with Gasteiger partial charge in [0, 0.05) is 88.8 Å². The zero-order valence-electron chi connectivity index (χ0n) is 41.4. The summed E-state index contributed by atoms with van der Waals surface area (Å²) >= 11 is 14.3. The molecule has 2 saturated heterocycles. The van der Waals surface area contributed by atoms with Gasteiger partial charge in [0.1, 0.15) is 23.9 Å². The highest BCUT2D eigenvalue weighted by molar-refractivity contribution is 7.13. The highest BCUT2D eigenvalue weighted by atomic mass is 35.5. The molecule has 4 amide bonds. The number of aliphatic hydroxyl groups is 1. The van der Waals surface area contributed by atoms with Crippen LogP contribution in [0, 0.1) is 23.7 Å². The molecule has 2 fully saturated rings. The van der Waals surface area contributed by atoms with Gasteiger partial charge in [-0.3, -0.25) is 29.1 Å². The SMILES string of the molecule is COc1cc(Nc2c(C#N)cnc3cc(OCCCN4CCN(C(=O)CCCC(=O)N[C@H](C(=O)N5CC(O)CC5C(=O)NCc5ccc(-c6scnc6C)cc5)C(C)(C)C)CC4)c(OC)cc23)c(Cl)cc1Cl. The van der Waals surface area contributed by atoms with E-state index in [1.54, 1.807) is 42.7 Å². The fraction of sp³-hybridized carbons (Fsp3) is 0.442. The van der Waals surface area contributed by atoms with Crippen molar-refractivity contribution in [1.82, 2.24) is 35.3 Å². The number of ether oxygens (including phenoxy) is 3. The minimum atomic E-state index is -0.962. The number of rotatable bonds is 19. The van der Waals surface area contributed by atoms with Crippen LogP contribution in [0.4, 0.5) is 11.4 Å². The van der Waals surface area contributed by atoms with Gasteiger partial charge >= 0.3 is 0 Å². The first-order chi connectivity index (χ1) is 34.5. The zero-order chi connectivity index (χ0) is 51.7. The number of aryl methyl sites for hydroxylation is 1. The summed E-state index contributed by atoms with van der Waals surface area (Å²) in [6.07, 6.45) is 1.93. The summed E-state index contributed by atoms with van der Waals surface area (Å²) in [4.78, 5) is 69.6. The lowest BCUT2D eigenvalue weighted by molar-refractivity contribution is -0.144. The largest absolute Gasteiger partial charge is 0.495 e. The van der Waals surface area contributed by atoms with Crippen LogP contribution in [0.3, 0.4) is 0 Å². The molecule has 2 aromatic heterocycles. The number of methoxy groups -OCH3 is 2. The summed E-state index contributed by atoms with van der Waals surface area (Å²) < 4.78 is 17.2. The number of fused-ring (bicyclic) bond motifs is 1. The summed E-state index contributed by atoms with van der Waals surface area (Å²) in [5.74, 6) is 0.163. The number of carbonyl (C=O) groups is 4. The minimum absolute atomic E-state index is 0.0247. The van der Waals surface area contributed by atoms with Crippen LogP contribution in [-0.4, -0.2) is 132 Å². The first-order valence-corrected chi connectivity index (χ1v) is 25.5. The third-order valence-corrected chi connectivity index (χ3v) is 14.5. The quantitative estimate of drug-likeness (QED) is 0.0591. The standard InChI is InChI=1S/C52H61Cl2N9O8S/c1-31-48(72-30-58-31)33-13-11-32(12-14-33)27-57-50(67)41-21-35(64)29-63(41)51(68)49(52(2,3)4)60-45(65)9-7-10-46(66)62-18-16-61(17-19-62)15-8-20-71-44-24-39-36(22-43(44)70-6)47(34(26-55)28-56-39)59-40-25-42(69-5)38(54)23-37(40)53/h11-14,22-25,28,30,35,41,49,64H,7-10,15-21,27,29H2,1-6H3,(H,56,59)(H,57,67)(H,60,65)/t35?,41?,49-/m1/s1. The van der Waals surface area contributed by atoms with E-state index >= 15 is 0 Å². The Morgan fingerprint density at radius 3 is 2.35 bits per heavy atom. The summed E-state index contributed by atoms with van der Waals surface area (Å²) in [5, 5.41) is 30.9. The van der Waals surface area contributed by atoms with Crippen molar-refractivity contribution in [1.29, 1.82) is 5.26 Å². The Bertz CT molecular complexity index is 2810. The minimum Gasteiger partial charge on any atom is -0.495 e. The molecule has 3 atom stereocenters. The molecule has 4 heterocycles. The number of likely N-dealkylation sites (tertiary alicyclic amines) is 1. The Labute approximate surface area is 433 Å². The van der Waals surface area contributed by atoms with Crippen LogP contribution >= 0.6 is 34.5 Å². The summed E-state index contributed by atoms with van der Waals surface area (Å²) in [6, 6.07) is 14.9. The van der Waals surface area contributed by atoms with Crippen molar-refractivity contribution in [2.24, 2.45) is 5.41 Å². The van der Waals surface area contributed by atoms with E-state index in [1.807, 2.05) is 62.4 Å². The summed E-state index contributed by atoms with van der Waals surface area (Å²) in [5.41, 5.74) is 5.83. The van der Waals surface area contributed by atoms with E-state index in [-0.39, 0.29) is 50.1 Å².